The molecule has 2 heterocycles. The van der Waals surface area contributed by atoms with Crippen LogP contribution < -0.4 is 4.90 Å². The van der Waals surface area contributed by atoms with E-state index in [1.807, 2.05) is 43.3 Å². The minimum atomic E-state index is -0.836. The zero-order valence-electron chi connectivity index (χ0n) is 15.1. The van der Waals surface area contributed by atoms with Gasteiger partial charge in [0.1, 0.15) is 0 Å². The highest BCUT2D eigenvalue weighted by Crippen LogP contribution is 2.32. The van der Waals surface area contributed by atoms with Crippen molar-refractivity contribution in [1.29, 1.82) is 0 Å². The van der Waals surface area contributed by atoms with Gasteiger partial charge in [-0.1, -0.05) is 18.2 Å². The highest BCUT2D eigenvalue weighted by Gasteiger charge is 2.19. The summed E-state index contributed by atoms with van der Waals surface area (Å²) < 4.78 is 0. The van der Waals surface area contributed by atoms with Crippen molar-refractivity contribution in [3.05, 3.63) is 65.6 Å². The predicted molar refractivity (Wildman–Crippen MR) is 104 cm³/mol. The van der Waals surface area contributed by atoms with Gasteiger partial charge in [-0.15, -0.1) is 0 Å². The van der Waals surface area contributed by atoms with Crippen LogP contribution in [-0.4, -0.2) is 34.1 Å². The van der Waals surface area contributed by atoms with E-state index < -0.39 is 5.97 Å². The molecule has 0 aliphatic rings. The molecular formula is C21H23N3O2. The number of aliphatic carboxylic acids is 1. The van der Waals surface area contributed by atoms with Crippen molar-refractivity contribution in [2.24, 2.45) is 0 Å². The van der Waals surface area contributed by atoms with Crippen LogP contribution in [0.1, 0.15) is 23.7 Å². The number of aromatic nitrogens is 2. The zero-order chi connectivity index (χ0) is 18.5. The van der Waals surface area contributed by atoms with E-state index in [9.17, 15) is 9.90 Å². The van der Waals surface area contributed by atoms with Gasteiger partial charge >= 0.3 is 5.97 Å². The fraction of sp³-hybridized carbons (Fsp3) is 0.286. The number of rotatable bonds is 7. The average molecular weight is 349 g/mol. The van der Waals surface area contributed by atoms with Crippen LogP contribution in [0.15, 0.2) is 48.8 Å². The van der Waals surface area contributed by atoms with Crippen molar-refractivity contribution >= 4 is 22.6 Å². The molecule has 0 bridgehead atoms. The Morgan fingerprint density at radius 2 is 1.88 bits per heavy atom. The number of carbonyl (C=O) groups is 1. The standard InChI is InChI=1S/C21H23N3O2/c1-3-24(13-10-16-8-11-22-12-9-16)21-17-6-4-5-7-19(17)23-15(2)18(21)14-20(25)26/h4-9,11-12H,3,10,13-14H2,1-2H3,(H,25,26). The van der Waals surface area contributed by atoms with Crippen molar-refractivity contribution in [1.82, 2.24) is 9.97 Å². The molecule has 0 unspecified atom stereocenters. The molecule has 0 amide bonds. The highest BCUT2D eigenvalue weighted by molar-refractivity contribution is 5.95. The summed E-state index contributed by atoms with van der Waals surface area (Å²) in [7, 11) is 0. The number of anilines is 1. The average Bonchev–Trinajstić information content (AvgIpc) is 2.64. The Balaban J connectivity index is 2.05. The van der Waals surface area contributed by atoms with Crippen LogP contribution in [0.4, 0.5) is 5.69 Å². The molecule has 3 rings (SSSR count). The summed E-state index contributed by atoms with van der Waals surface area (Å²) in [6.45, 7) is 5.60. The lowest BCUT2D eigenvalue weighted by Crippen LogP contribution is -2.28. The van der Waals surface area contributed by atoms with E-state index in [1.165, 1.54) is 5.56 Å². The molecule has 0 atom stereocenters. The van der Waals surface area contributed by atoms with Crippen LogP contribution in [0.3, 0.4) is 0 Å². The smallest absolute Gasteiger partial charge is 0.307 e. The maximum atomic E-state index is 11.4. The Morgan fingerprint density at radius 1 is 1.15 bits per heavy atom. The Kier molecular flexibility index (Phi) is 5.46. The summed E-state index contributed by atoms with van der Waals surface area (Å²) in [6, 6.07) is 12.0. The Morgan fingerprint density at radius 3 is 2.58 bits per heavy atom. The van der Waals surface area contributed by atoms with Crippen LogP contribution in [0.5, 0.6) is 0 Å². The maximum Gasteiger partial charge on any atom is 0.307 e. The van der Waals surface area contributed by atoms with Crippen molar-refractivity contribution in [2.75, 3.05) is 18.0 Å². The minimum absolute atomic E-state index is 0.0231. The van der Waals surface area contributed by atoms with E-state index in [4.69, 9.17) is 0 Å². The Labute approximate surface area is 153 Å². The van der Waals surface area contributed by atoms with Crippen LogP contribution in [0, 0.1) is 6.92 Å². The molecule has 0 spiro atoms. The van der Waals surface area contributed by atoms with Crippen molar-refractivity contribution in [3.63, 3.8) is 0 Å². The lowest BCUT2D eigenvalue weighted by atomic mass is 10.0. The first kappa shape index (κ1) is 17.9. The topological polar surface area (TPSA) is 66.3 Å². The van der Waals surface area contributed by atoms with Gasteiger partial charge < -0.3 is 10.0 Å². The molecule has 0 radical (unpaired) electrons. The number of aryl methyl sites for hydroxylation is 1. The molecule has 26 heavy (non-hydrogen) atoms. The summed E-state index contributed by atoms with van der Waals surface area (Å²) in [5.74, 6) is -0.836. The Bertz CT molecular complexity index is 910. The minimum Gasteiger partial charge on any atom is -0.481 e. The number of hydrogen-bond donors (Lipinski definition) is 1. The van der Waals surface area contributed by atoms with Gasteiger partial charge in [0.2, 0.25) is 0 Å². The normalized spacial score (nSPS) is 10.8. The van der Waals surface area contributed by atoms with Gasteiger partial charge in [-0.3, -0.25) is 14.8 Å². The number of likely N-dealkylation sites (N-methyl/N-ethyl adjacent to an activating group) is 1. The first-order chi connectivity index (χ1) is 12.6. The van der Waals surface area contributed by atoms with Crippen LogP contribution >= 0.6 is 0 Å². The molecule has 2 aromatic heterocycles. The molecular weight excluding hydrogens is 326 g/mol. The molecule has 1 aromatic carbocycles. The van der Waals surface area contributed by atoms with Gasteiger partial charge in [-0.25, -0.2) is 0 Å². The van der Waals surface area contributed by atoms with Gasteiger partial charge in [-0.2, -0.15) is 0 Å². The van der Waals surface area contributed by atoms with Crippen molar-refractivity contribution in [3.8, 4) is 0 Å². The van der Waals surface area contributed by atoms with Crippen LogP contribution in [0.2, 0.25) is 0 Å². The van der Waals surface area contributed by atoms with Gasteiger partial charge in [0.25, 0.3) is 0 Å². The number of para-hydroxylation sites is 1. The quantitative estimate of drug-likeness (QED) is 0.705. The van der Waals surface area contributed by atoms with E-state index in [0.29, 0.717) is 0 Å². The number of carboxylic acids is 1. The predicted octanol–water partition coefficient (Wildman–Crippen LogP) is 3.63. The fourth-order valence-electron chi connectivity index (χ4n) is 3.32. The maximum absolute atomic E-state index is 11.4. The second-order valence-electron chi connectivity index (χ2n) is 6.30. The SMILES string of the molecule is CCN(CCc1ccncc1)c1c(CC(=O)O)c(C)nc2ccccc12. The summed E-state index contributed by atoms with van der Waals surface area (Å²) in [4.78, 5) is 22.4. The third kappa shape index (κ3) is 3.82. The van der Waals surface area contributed by atoms with E-state index >= 15 is 0 Å². The number of fused-ring (bicyclic) bond motifs is 1. The first-order valence-corrected chi connectivity index (χ1v) is 8.84. The second kappa shape index (κ2) is 7.95. The number of nitrogens with zero attached hydrogens (tertiary/aromatic N) is 3. The van der Waals surface area contributed by atoms with E-state index in [0.717, 1.165) is 47.4 Å². The number of pyridine rings is 2. The van der Waals surface area contributed by atoms with Gasteiger partial charge in [0, 0.05) is 42.1 Å². The molecule has 0 aliphatic heterocycles. The monoisotopic (exact) mass is 349 g/mol. The molecule has 0 fully saturated rings. The van der Waals surface area contributed by atoms with Crippen molar-refractivity contribution < 1.29 is 9.90 Å². The highest BCUT2D eigenvalue weighted by atomic mass is 16.4. The number of benzene rings is 1. The molecule has 0 saturated carbocycles. The van der Waals surface area contributed by atoms with Gasteiger partial charge in [0.15, 0.2) is 0 Å². The number of carboxylic acid groups (broad SMARTS) is 1. The van der Waals surface area contributed by atoms with Gasteiger partial charge in [-0.05, 0) is 44.0 Å². The zero-order valence-corrected chi connectivity index (χ0v) is 15.1. The summed E-state index contributed by atoms with van der Waals surface area (Å²) in [6.07, 6.45) is 4.45. The molecule has 3 aromatic rings. The Hall–Kier alpha value is -2.95. The molecule has 134 valence electrons. The fourth-order valence-corrected chi connectivity index (χ4v) is 3.32. The lowest BCUT2D eigenvalue weighted by Gasteiger charge is -2.28. The largest absolute Gasteiger partial charge is 0.481 e. The molecule has 0 aliphatic carbocycles. The number of hydrogen-bond acceptors (Lipinski definition) is 4. The molecule has 0 saturated heterocycles. The third-order valence-corrected chi connectivity index (χ3v) is 4.62. The molecule has 5 nitrogen and oxygen atoms in total. The lowest BCUT2D eigenvalue weighted by molar-refractivity contribution is -0.136. The van der Waals surface area contributed by atoms with E-state index in [2.05, 4.69) is 21.8 Å². The molecule has 5 heteroatoms. The van der Waals surface area contributed by atoms with Crippen molar-refractivity contribution in [2.45, 2.75) is 26.7 Å². The first-order valence-electron chi connectivity index (χ1n) is 8.84. The summed E-state index contributed by atoms with van der Waals surface area (Å²) >= 11 is 0. The summed E-state index contributed by atoms with van der Waals surface area (Å²) in [5.41, 5.74) is 4.69. The van der Waals surface area contributed by atoms with Gasteiger partial charge in [0.05, 0.1) is 17.6 Å². The van der Waals surface area contributed by atoms with E-state index in [1.54, 1.807) is 12.4 Å². The van der Waals surface area contributed by atoms with Crippen LogP contribution in [0.25, 0.3) is 10.9 Å². The van der Waals surface area contributed by atoms with E-state index in [-0.39, 0.29) is 6.42 Å². The third-order valence-electron chi connectivity index (χ3n) is 4.62. The molecule has 1 N–H and O–H groups in total. The van der Waals surface area contributed by atoms with Crippen LogP contribution in [-0.2, 0) is 17.6 Å². The summed E-state index contributed by atoms with van der Waals surface area (Å²) in [5, 5.41) is 10.4. The second-order valence-corrected chi connectivity index (χ2v) is 6.30.